The summed E-state index contributed by atoms with van der Waals surface area (Å²) in [6.45, 7) is 3.28. The number of hydrogen-bond acceptors (Lipinski definition) is 6. The zero-order valence-corrected chi connectivity index (χ0v) is 16.9. The lowest BCUT2D eigenvalue weighted by Crippen LogP contribution is -2.39. The van der Waals surface area contributed by atoms with Crippen LogP contribution in [0.15, 0.2) is 39.9 Å². The fraction of sp³-hybridized carbons (Fsp3) is 0.350. The molecule has 9 heteroatoms. The molecular weight excluding hydrogens is 374 g/mol. The van der Waals surface area contributed by atoms with Crippen molar-refractivity contribution in [3.8, 4) is 11.5 Å². The van der Waals surface area contributed by atoms with Crippen LogP contribution in [0.4, 0.5) is 11.6 Å². The number of methoxy groups -OCH3 is 2. The third-order valence-electron chi connectivity index (χ3n) is 5.20. The zero-order chi connectivity index (χ0) is 20.7. The predicted octanol–water partition coefficient (Wildman–Crippen LogP) is 1.64. The van der Waals surface area contributed by atoms with Gasteiger partial charge in [0.05, 0.1) is 19.9 Å². The number of benzene rings is 1. The van der Waals surface area contributed by atoms with E-state index in [-0.39, 0.29) is 17.8 Å². The number of imidazole rings is 1. The van der Waals surface area contributed by atoms with Crippen molar-refractivity contribution < 1.29 is 9.47 Å². The first-order valence-corrected chi connectivity index (χ1v) is 9.32. The second-order valence-electron chi connectivity index (χ2n) is 6.75. The van der Waals surface area contributed by atoms with Crippen molar-refractivity contribution in [2.45, 2.75) is 20.0 Å². The number of aryl methyl sites for hydroxylation is 1. The predicted molar refractivity (Wildman–Crippen MR) is 111 cm³/mol. The molecule has 1 aromatic carbocycles. The van der Waals surface area contributed by atoms with E-state index in [0.717, 1.165) is 5.69 Å². The van der Waals surface area contributed by atoms with Crippen LogP contribution in [0.1, 0.15) is 6.92 Å². The van der Waals surface area contributed by atoms with Crippen molar-refractivity contribution in [2.75, 3.05) is 25.7 Å². The van der Waals surface area contributed by atoms with Gasteiger partial charge in [-0.2, -0.15) is 4.98 Å². The van der Waals surface area contributed by atoms with Crippen molar-refractivity contribution in [3.05, 3.63) is 51.2 Å². The highest BCUT2D eigenvalue weighted by Gasteiger charge is 2.30. The van der Waals surface area contributed by atoms with E-state index in [1.165, 1.54) is 9.13 Å². The molecule has 0 N–H and O–H groups in total. The molecule has 0 bridgehead atoms. The highest BCUT2D eigenvalue weighted by atomic mass is 16.5. The standard InChI is InChI=1S/C20H23N5O4/c1-5-6-9-25-18(26)16-17(22(2)20(25)27)21-19-23(10-11-24(16)19)14-12-13(28-3)7-8-15(14)29-4/h5-8,12H,9-11H2,1-4H3/b6-5+. The summed E-state index contributed by atoms with van der Waals surface area (Å²) in [6, 6.07) is 5.53. The fourth-order valence-corrected chi connectivity index (χ4v) is 3.69. The molecule has 2 aromatic heterocycles. The van der Waals surface area contributed by atoms with Crippen LogP contribution in [-0.2, 0) is 20.1 Å². The topological polar surface area (TPSA) is 83.5 Å². The summed E-state index contributed by atoms with van der Waals surface area (Å²) < 4.78 is 15.4. The maximum Gasteiger partial charge on any atom is 0.332 e. The minimum absolute atomic E-state index is 0.228. The minimum Gasteiger partial charge on any atom is -0.497 e. The molecule has 3 heterocycles. The van der Waals surface area contributed by atoms with Gasteiger partial charge < -0.3 is 18.9 Å². The Balaban J connectivity index is 1.94. The molecule has 1 aliphatic heterocycles. The molecule has 3 aromatic rings. The summed E-state index contributed by atoms with van der Waals surface area (Å²) in [4.78, 5) is 32.4. The Labute approximate surface area is 167 Å². The highest BCUT2D eigenvalue weighted by Crippen LogP contribution is 2.39. The van der Waals surface area contributed by atoms with Gasteiger partial charge in [0.2, 0.25) is 5.95 Å². The fourth-order valence-electron chi connectivity index (χ4n) is 3.69. The summed E-state index contributed by atoms with van der Waals surface area (Å²) >= 11 is 0. The van der Waals surface area contributed by atoms with Crippen LogP contribution >= 0.6 is 0 Å². The molecule has 4 rings (SSSR count). The second kappa shape index (κ2) is 7.16. The van der Waals surface area contributed by atoms with Crippen LogP contribution in [-0.4, -0.2) is 39.4 Å². The zero-order valence-electron chi connectivity index (χ0n) is 16.9. The van der Waals surface area contributed by atoms with Crippen molar-refractivity contribution in [1.82, 2.24) is 18.7 Å². The van der Waals surface area contributed by atoms with Crippen LogP contribution in [0.3, 0.4) is 0 Å². The summed E-state index contributed by atoms with van der Waals surface area (Å²) in [5, 5.41) is 0. The highest BCUT2D eigenvalue weighted by molar-refractivity contribution is 5.79. The van der Waals surface area contributed by atoms with Crippen LogP contribution < -0.4 is 25.6 Å². The van der Waals surface area contributed by atoms with Gasteiger partial charge in [-0.25, -0.2) is 4.79 Å². The molecule has 0 saturated heterocycles. The molecule has 29 heavy (non-hydrogen) atoms. The Kier molecular flexibility index (Phi) is 4.65. The molecular formula is C20H23N5O4. The molecule has 152 valence electrons. The van der Waals surface area contributed by atoms with Gasteiger partial charge in [0, 0.05) is 32.7 Å². The summed E-state index contributed by atoms with van der Waals surface area (Å²) in [6.07, 6.45) is 3.59. The Morgan fingerprint density at radius 3 is 2.66 bits per heavy atom. The van der Waals surface area contributed by atoms with Gasteiger partial charge in [-0.3, -0.25) is 13.9 Å². The normalized spacial score (nSPS) is 13.4. The van der Waals surface area contributed by atoms with E-state index in [0.29, 0.717) is 41.7 Å². The van der Waals surface area contributed by atoms with Gasteiger partial charge in [-0.05, 0) is 19.1 Å². The lowest BCUT2D eigenvalue weighted by atomic mass is 10.2. The number of ether oxygens (including phenoxy) is 2. The van der Waals surface area contributed by atoms with E-state index >= 15 is 0 Å². The minimum atomic E-state index is -0.386. The maximum atomic E-state index is 13.1. The third-order valence-corrected chi connectivity index (χ3v) is 5.20. The first-order chi connectivity index (χ1) is 14.0. The Hall–Kier alpha value is -3.49. The van der Waals surface area contributed by atoms with Crippen LogP contribution in [0, 0.1) is 0 Å². The SMILES string of the molecule is C/C=C/Cn1c(=O)c2c(nc3n2CCN3c2cc(OC)ccc2OC)n(C)c1=O. The van der Waals surface area contributed by atoms with Crippen LogP contribution in [0.2, 0.25) is 0 Å². The van der Waals surface area contributed by atoms with E-state index in [4.69, 9.17) is 9.47 Å². The first-order valence-electron chi connectivity index (χ1n) is 9.32. The third kappa shape index (κ3) is 2.81. The molecule has 0 fully saturated rings. The van der Waals surface area contributed by atoms with Crippen molar-refractivity contribution >= 4 is 22.8 Å². The lowest BCUT2D eigenvalue weighted by molar-refractivity contribution is 0.403. The van der Waals surface area contributed by atoms with Crippen molar-refractivity contribution in [2.24, 2.45) is 7.05 Å². The molecule has 1 aliphatic rings. The molecule has 0 spiro atoms. The van der Waals surface area contributed by atoms with E-state index in [1.807, 2.05) is 40.7 Å². The number of hydrogen-bond donors (Lipinski definition) is 0. The molecule has 0 radical (unpaired) electrons. The lowest BCUT2D eigenvalue weighted by Gasteiger charge is -2.19. The average Bonchev–Trinajstić information content (AvgIpc) is 3.31. The van der Waals surface area contributed by atoms with Crippen molar-refractivity contribution in [1.29, 1.82) is 0 Å². The summed E-state index contributed by atoms with van der Waals surface area (Å²) in [5.41, 5.74) is 0.872. The molecule has 0 unspecified atom stereocenters. The first kappa shape index (κ1) is 18.9. The van der Waals surface area contributed by atoms with Gasteiger partial charge in [-0.15, -0.1) is 0 Å². The average molecular weight is 397 g/mol. The molecule has 9 nitrogen and oxygen atoms in total. The Bertz CT molecular complexity index is 1230. The number of allylic oxidation sites excluding steroid dienone is 2. The number of anilines is 2. The monoisotopic (exact) mass is 397 g/mol. The largest absolute Gasteiger partial charge is 0.497 e. The maximum absolute atomic E-state index is 13.1. The number of rotatable bonds is 5. The quantitative estimate of drug-likeness (QED) is 0.609. The van der Waals surface area contributed by atoms with Crippen molar-refractivity contribution in [3.63, 3.8) is 0 Å². The van der Waals surface area contributed by atoms with Crippen LogP contribution in [0.5, 0.6) is 11.5 Å². The molecule has 0 aliphatic carbocycles. The van der Waals surface area contributed by atoms with Crippen LogP contribution in [0.25, 0.3) is 11.2 Å². The number of nitrogens with zero attached hydrogens (tertiary/aromatic N) is 5. The van der Waals surface area contributed by atoms with Gasteiger partial charge >= 0.3 is 5.69 Å². The molecule has 0 amide bonds. The van der Waals surface area contributed by atoms with E-state index < -0.39 is 0 Å². The Morgan fingerprint density at radius 2 is 1.97 bits per heavy atom. The smallest absolute Gasteiger partial charge is 0.332 e. The van der Waals surface area contributed by atoms with E-state index in [2.05, 4.69) is 4.98 Å². The Morgan fingerprint density at radius 1 is 1.17 bits per heavy atom. The van der Waals surface area contributed by atoms with E-state index in [1.54, 1.807) is 27.3 Å². The second-order valence-corrected chi connectivity index (χ2v) is 6.75. The summed E-state index contributed by atoms with van der Waals surface area (Å²) in [5.74, 6) is 1.96. The number of aromatic nitrogens is 4. The molecule has 0 saturated carbocycles. The number of fused-ring (bicyclic) bond motifs is 3. The van der Waals surface area contributed by atoms with Gasteiger partial charge in [0.25, 0.3) is 5.56 Å². The van der Waals surface area contributed by atoms with Gasteiger partial charge in [0.1, 0.15) is 11.5 Å². The summed E-state index contributed by atoms with van der Waals surface area (Å²) in [7, 11) is 4.84. The molecule has 0 atom stereocenters. The van der Waals surface area contributed by atoms with Gasteiger partial charge in [-0.1, -0.05) is 12.2 Å². The van der Waals surface area contributed by atoms with E-state index in [9.17, 15) is 9.59 Å². The van der Waals surface area contributed by atoms with Gasteiger partial charge in [0.15, 0.2) is 11.2 Å².